The number of nitrogens with one attached hydrogen (secondary N) is 1. The van der Waals surface area contributed by atoms with Crippen LogP contribution in [-0.2, 0) is 4.79 Å². The minimum absolute atomic E-state index is 0.100. The van der Waals surface area contributed by atoms with E-state index in [0.717, 1.165) is 5.56 Å². The van der Waals surface area contributed by atoms with E-state index in [1.54, 1.807) is 18.2 Å². The molecule has 29 heavy (non-hydrogen) atoms. The minimum atomic E-state index is -0.514. The number of hydrogen-bond acceptors (Lipinski definition) is 6. The lowest BCUT2D eigenvalue weighted by Crippen LogP contribution is -2.24. The second-order valence-corrected chi connectivity index (χ2v) is 6.43. The zero-order valence-corrected chi connectivity index (χ0v) is 16.1. The minimum Gasteiger partial charge on any atom is -0.484 e. The van der Waals surface area contributed by atoms with Crippen LogP contribution < -0.4 is 10.2 Å². The van der Waals surface area contributed by atoms with Crippen molar-refractivity contribution in [3.05, 3.63) is 81.1 Å². The van der Waals surface area contributed by atoms with Crippen LogP contribution in [0.3, 0.4) is 0 Å². The van der Waals surface area contributed by atoms with E-state index in [9.17, 15) is 14.9 Å². The Morgan fingerprint density at radius 2 is 2.10 bits per heavy atom. The van der Waals surface area contributed by atoms with Gasteiger partial charge in [0.15, 0.2) is 6.61 Å². The smallest absolute Gasteiger partial charge is 0.277 e. The quantitative estimate of drug-likeness (QED) is 0.352. The Morgan fingerprint density at radius 3 is 2.86 bits per heavy atom. The van der Waals surface area contributed by atoms with E-state index in [2.05, 4.69) is 10.5 Å². The van der Waals surface area contributed by atoms with Gasteiger partial charge in [0.25, 0.3) is 11.6 Å². The van der Waals surface area contributed by atoms with Crippen molar-refractivity contribution in [2.24, 2.45) is 5.10 Å². The molecule has 0 radical (unpaired) electrons. The summed E-state index contributed by atoms with van der Waals surface area (Å²) >= 11 is 6.10. The molecule has 1 amide bonds. The van der Waals surface area contributed by atoms with Crippen molar-refractivity contribution in [3.8, 4) is 17.1 Å². The molecule has 9 heteroatoms. The maximum absolute atomic E-state index is 11.8. The van der Waals surface area contributed by atoms with Crippen molar-refractivity contribution >= 4 is 29.4 Å². The highest BCUT2D eigenvalue weighted by molar-refractivity contribution is 6.33. The van der Waals surface area contributed by atoms with Gasteiger partial charge >= 0.3 is 0 Å². The SMILES string of the molecule is Cc1cccc(OCC(=O)NN=Cc2ccc(-c3cc([N+](=O)[O-])ccc3Cl)o2)c1. The molecular formula is C20H16ClN3O5. The number of hydrogen-bond donors (Lipinski definition) is 1. The predicted molar refractivity (Wildman–Crippen MR) is 108 cm³/mol. The van der Waals surface area contributed by atoms with Crippen LogP contribution in [-0.4, -0.2) is 23.7 Å². The summed E-state index contributed by atoms with van der Waals surface area (Å²) in [4.78, 5) is 22.2. The van der Waals surface area contributed by atoms with Gasteiger partial charge in [0.1, 0.15) is 17.3 Å². The number of amides is 1. The first kappa shape index (κ1) is 20.1. The van der Waals surface area contributed by atoms with E-state index >= 15 is 0 Å². The third kappa shape index (κ3) is 5.43. The van der Waals surface area contributed by atoms with E-state index < -0.39 is 10.8 Å². The van der Waals surface area contributed by atoms with Crippen molar-refractivity contribution in [2.45, 2.75) is 6.92 Å². The van der Waals surface area contributed by atoms with Gasteiger partial charge in [-0.05, 0) is 42.8 Å². The van der Waals surface area contributed by atoms with Gasteiger partial charge in [-0.3, -0.25) is 14.9 Å². The zero-order chi connectivity index (χ0) is 20.8. The Morgan fingerprint density at radius 1 is 1.28 bits per heavy atom. The van der Waals surface area contributed by atoms with Crippen LogP contribution in [0.2, 0.25) is 5.02 Å². The van der Waals surface area contributed by atoms with E-state index in [1.807, 2.05) is 25.1 Å². The summed E-state index contributed by atoms with van der Waals surface area (Å²) in [6, 6.07) is 14.6. The summed E-state index contributed by atoms with van der Waals surface area (Å²) in [5, 5.41) is 15.0. The summed E-state index contributed by atoms with van der Waals surface area (Å²) in [6.45, 7) is 1.74. The van der Waals surface area contributed by atoms with Gasteiger partial charge in [0.2, 0.25) is 0 Å². The fourth-order valence-electron chi connectivity index (χ4n) is 2.44. The molecule has 1 aromatic heterocycles. The normalized spacial score (nSPS) is 10.8. The van der Waals surface area contributed by atoms with Crippen LogP contribution >= 0.6 is 11.6 Å². The molecule has 0 bridgehead atoms. The van der Waals surface area contributed by atoms with Crippen molar-refractivity contribution in [1.82, 2.24) is 5.43 Å². The number of nitro groups is 1. The molecule has 0 saturated carbocycles. The van der Waals surface area contributed by atoms with Crippen LogP contribution in [0, 0.1) is 17.0 Å². The lowest BCUT2D eigenvalue weighted by atomic mass is 10.1. The highest BCUT2D eigenvalue weighted by Gasteiger charge is 2.14. The van der Waals surface area contributed by atoms with Crippen molar-refractivity contribution in [2.75, 3.05) is 6.61 Å². The van der Waals surface area contributed by atoms with Gasteiger partial charge in [-0.25, -0.2) is 5.43 Å². The second kappa shape index (κ2) is 9.03. The van der Waals surface area contributed by atoms with E-state index in [4.69, 9.17) is 20.8 Å². The number of furan rings is 1. The van der Waals surface area contributed by atoms with Crippen LogP contribution in [0.5, 0.6) is 5.75 Å². The van der Waals surface area contributed by atoms with Gasteiger partial charge in [-0.1, -0.05) is 23.7 Å². The molecule has 0 spiro atoms. The number of carbonyl (C=O) groups excluding carboxylic acids is 1. The first-order valence-electron chi connectivity index (χ1n) is 8.48. The van der Waals surface area contributed by atoms with E-state index in [-0.39, 0.29) is 12.3 Å². The third-order valence-corrected chi connectivity index (χ3v) is 4.12. The molecule has 0 aliphatic carbocycles. The molecule has 0 atom stereocenters. The summed E-state index contributed by atoms with van der Waals surface area (Å²) in [7, 11) is 0. The number of hydrazone groups is 1. The summed E-state index contributed by atoms with van der Waals surface area (Å²) < 4.78 is 10.9. The fourth-order valence-corrected chi connectivity index (χ4v) is 2.65. The number of nitro benzene ring substituents is 1. The summed E-state index contributed by atoms with van der Waals surface area (Å²) in [5.41, 5.74) is 3.64. The van der Waals surface area contributed by atoms with Gasteiger partial charge in [0.05, 0.1) is 16.2 Å². The first-order valence-corrected chi connectivity index (χ1v) is 8.85. The van der Waals surface area contributed by atoms with E-state index in [1.165, 1.54) is 24.4 Å². The maximum atomic E-state index is 11.8. The van der Waals surface area contributed by atoms with Crippen LogP contribution in [0.25, 0.3) is 11.3 Å². The maximum Gasteiger partial charge on any atom is 0.277 e. The van der Waals surface area contributed by atoms with Crippen molar-refractivity contribution < 1.29 is 18.9 Å². The molecule has 1 N–H and O–H groups in total. The van der Waals surface area contributed by atoms with Crippen molar-refractivity contribution in [3.63, 3.8) is 0 Å². The van der Waals surface area contributed by atoms with Crippen LogP contribution in [0.1, 0.15) is 11.3 Å². The van der Waals surface area contributed by atoms with Crippen LogP contribution in [0.4, 0.5) is 5.69 Å². The number of ether oxygens (including phenoxy) is 1. The monoisotopic (exact) mass is 413 g/mol. The second-order valence-electron chi connectivity index (χ2n) is 6.02. The Labute approximate surface area is 170 Å². The van der Waals surface area contributed by atoms with Gasteiger partial charge < -0.3 is 9.15 Å². The molecule has 148 valence electrons. The number of rotatable bonds is 7. The van der Waals surface area contributed by atoms with Gasteiger partial charge in [-0.2, -0.15) is 5.10 Å². The number of benzene rings is 2. The number of halogens is 1. The molecule has 0 saturated heterocycles. The summed E-state index contributed by atoms with van der Waals surface area (Å²) in [5.74, 6) is 0.835. The van der Waals surface area contributed by atoms with E-state index in [0.29, 0.717) is 27.9 Å². The molecule has 0 fully saturated rings. The van der Waals surface area contributed by atoms with Gasteiger partial charge in [0, 0.05) is 17.7 Å². The number of aryl methyl sites for hydroxylation is 1. The molecule has 0 aliphatic rings. The Kier molecular flexibility index (Phi) is 6.25. The number of carbonyl (C=O) groups is 1. The van der Waals surface area contributed by atoms with Gasteiger partial charge in [-0.15, -0.1) is 0 Å². The average Bonchev–Trinajstić information content (AvgIpc) is 3.15. The molecule has 0 aliphatic heterocycles. The van der Waals surface area contributed by atoms with Crippen molar-refractivity contribution in [1.29, 1.82) is 0 Å². The molecule has 1 heterocycles. The Bertz CT molecular complexity index is 1080. The lowest BCUT2D eigenvalue weighted by molar-refractivity contribution is -0.384. The largest absolute Gasteiger partial charge is 0.484 e. The fraction of sp³-hybridized carbons (Fsp3) is 0.100. The number of nitrogens with zero attached hydrogens (tertiary/aromatic N) is 2. The molecule has 3 rings (SSSR count). The summed E-state index contributed by atoms with van der Waals surface area (Å²) in [6.07, 6.45) is 1.30. The molecule has 8 nitrogen and oxygen atoms in total. The first-order chi connectivity index (χ1) is 13.9. The van der Waals surface area contributed by atoms with Crippen LogP contribution in [0.15, 0.2) is 64.1 Å². The Balaban J connectivity index is 1.58. The predicted octanol–water partition coefficient (Wildman–Crippen LogP) is 4.35. The molecule has 0 unspecified atom stereocenters. The Hall–Kier alpha value is -3.65. The third-order valence-electron chi connectivity index (χ3n) is 3.79. The average molecular weight is 414 g/mol. The number of non-ortho nitro benzene ring substituents is 1. The highest BCUT2D eigenvalue weighted by atomic mass is 35.5. The lowest BCUT2D eigenvalue weighted by Gasteiger charge is -2.05. The molecular weight excluding hydrogens is 398 g/mol. The molecule has 3 aromatic rings. The highest BCUT2D eigenvalue weighted by Crippen LogP contribution is 2.32. The standard InChI is InChI=1S/C20H16ClN3O5/c1-13-3-2-4-15(9-13)28-12-20(25)23-22-11-16-6-8-19(29-16)17-10-14(24(26)27)5-7-18(17)21/h2-11H,12H2,1H3,(H,23,25). The zero-order valence-electron chi connectivity index (χ0n) is 15.3. The topological polar surface area (TPSA) is 107 Å². The molecule has 2 aromatic carbocycles.